The summed E-state index contributed by atoms with van der Waals surface area (Å²) in [7, 11) is -7.81. The summed E-state index contributed by atoms with van der Waals surface area (Å²) in [6, 6.07) is 3.96. The molecule has 0 radical (unpaired) electrons. The van der Waals surface area contributed by atoms with Crippen molar-refractivity contribution < 1.29 is 30.0 Å². The van der Waals surface area contributed by atoms with E-state index in [1.54, 1.807) is 0 Å². The number of rotatable bonds is 4. The normalized spacial score (nSPS) is 18.7. The van der Waals surface area contributed by atoms with E-state index in [9.17, 15) is 30.0 Å². The van der Waals surface area contributed by atoms with Gasteiger partial charge in [0.05, 0.1) is 16.2 Å². The van der Waals surface area contributed by atoms with Crippen molar-refractivity contribution in [3.8, 4) is 0 Å². The van der Waals surface area contributed by atoms with Gasteiger partial charge in [-0.2, -0.15) is 21.8 Å². The molecule has 1 aliphatic heterocycles. The molecule has 0 unspecified atom stereocenters. The van der Waals surface area contributed by atoms with Crippen molar-refractivity contribution in [3.05, 3.63) is 29.8 Å². The Hall–Kier alpha value is -1.17. The number of nitrogens with zero attached hydrogens (tertiary/aromatic N) is 2. The predicted molar refractivity (Wildman–Crippen MR) is 81.2 cm³/mol. The Kier molecular flexibility index (Phi) is 5.28. The second-order valence-corrected chi connectivity index (χ2v) is 9.36. The maximum absolute atomic E-state index is 13.0. The lowest BCUT2D eigenvalue weighted by molar-refractivity contribution is -0.139. The van der Waals surface area contributed by atoms with E-state index in [0.717, 1.165) is 20.7 Å². The molecule has 1 aromatic rings. The van der Waals surface area contributed by atoms with Gasteiger partial charge in [-0.05, 0) is 19.1 Å². The first kappa shape index (κ1) is 19.2. The van der Waals surface area contributed by atoms with E-state index < -0.39 is 36.7 Å². The molecular weight excluding hydrogens is 369 g/mol. The number of halogens is 3. The molecule has 1 fully saturated rings. The van der Waals surface area contributed by atoms with Crippen LogP contribution >= 0.6 is 0 Å². The number of hydrogen-bond acceptors (Lipinski definition) is 4. The van der Waals surface area contributed by atoms with Crippen LogP contribution in [0.25, 0.3) is 0 Å². The minimum absolute atomic E-state index is 0.0798. The fourth-order valence-electron chi connectivity index (χ4n) is 2.44. The van der Waals surface area contributed by atoms with Crippen LogP contribution in [-0.4, -0.2) is 57.4 Å². The molecule has 6 nitrogen and oxygen atoms in total. The molecule has 24 heavy (non-hydrogen) atoms. The Morgan fingerprint density at radius 1 is 0.958 bits per heavy atom. The summed E-state index contributed by atoms with van der Waals surface area (Å²) in [6.45, 7) is 0.937. The molecule has 0 aromatic heterocycles. The zero-order valence-electron chi connectivity index (χ0n) is 12.8. The van der Waals surface area contributed by atoms with Crippen LogP contribution in [0, 0.1) is 0 Å². The van der Waals surface area contributed by atoms with E-state index in [1.807, 2.05) is 0 Å². The predicted octanol–water partition coefficient (Wildman–Crippen LogP) is 1.36. The monoisotopic (exact) mass is 386 g/mol. The highest BCUT2D eigenvalue weighted by molar-refractivity contribution is 7.89. The van der Waals surface area contributed by atoms with Gasteiger partial charge >= 0.3 is 6.18 Å². The van der Waals surface area contributed by atoms with E-state index in [0.29, 0.717) is 6.07 Å². The molecule has 0 amide bonds. The Bertz CT molecular complexity index is 799. The van der Waals surface area contributed by atoms with Crippen LogP contribution in [0.15, 0.2) is 29.2 Å². The van der Waals surface area contributed by atoms with Crippen LogP contribution in [0.2, 0.25) is 0 Å². The minimum Gasteiger partial charge on any atom is -0.212 e. The van der Waals surface area contributed by atoms with Gasteiger partial charge in [0.15, 0.2) is 0 Å². The topological polar surface area (TPSA) is 74.8 Å². The zero-order valence-corrected chi connectivity index (χ0v) is 14.5. The van der Waals surface area contributed by atoms with Crippen LogP contribution in [-0.2, 0) is 26.2 Å². The van der Waals surface area contributed by atoms with Gasteiger partial charge in [0.25, 0.3) is 0 Å². The second-order valence-electron chi connectivity index (χ2n) is 5.20. The molecule has 0 aliphatic carbocycles. The zero-order chi connectivity index (χ0) is 18.2. The lowest BCUT2D eigenvalue weighted by Crippen LogP contribution is -2.50. The highest BCUT2D eigenvalue weighted by Gasteiger charge is 2.40. The highest BCUT2D eigenvalue weighted by Crippen LogP contribution is 2.35. The highest BCUT2D eigenvalue weighted by atomic mass is 32.2. The largest absolute Gasteiger partial charge is 0.417 e. The Morgan fingerprint density at radius 3 is 1.96 bits per heavy atom. The molecule has 136 valence electrons. The number of piperazine rings is 1. The van der Waals surface area contributed by atoms with Crippen LogP contribution in [0.5, 0.6) is 0 Å². The maximum atomic E-state index is 13.0. The van der Waals surface area contributed by atoms with Gasteiger partial charge in [0.1, 0.15) is 0 Å². The van der Waals surface area contributed by atoms with E-state index in [1.165, 1.54) is 13.0 Å². The summed E-state index contributed by atoms with van der Waals surface area (Å²) in [6.07, 6.45) is -4.79. The van der Waals surface area contributed by atoms with E-state index in [-0.39, 0.29) is 31.9 Å². The van der Waals surface area contributed by atoms with Gasteiger partial charge in [0, 0.05) is 26.2 Å². The molecule has 1 aliphatic rings. The summed E-state index contributed by atoms with van der Waals surface area (Å²) in [5.74, 6) is -0.114. The van der Waals surface area contributed by atoms with Crippen molar-refractivity contribution in [2.45, 2.75) is 18.0 Å². The molecule has 1 saturated heterocycles. The number of sulfonamides is 2. The summed E-state index contributed by atoms with van der Waals surface area (Å²) in [5, 5.41) is 0. The van der Waals surface area contributed by atoms with Crippen LogP contribution in [0.1, 0.15) is 12.5 Å². The molecule has 0 bridgehead atoms. The second kappa shape index (κ2) is 6.62. The maximum Gasteiger partial charge on any atom is 0.417 e. The molecule has 0 N–H and O–H groups in total. The molecule has 1 aromatic carbocycles. The number of benzene rings is 1. The number of hydrogen-bond donors (Lipinski definition) is 0. The van der Waals surface area contributed by atoms with Crippen molar-refractivity contribution in [2.24, 2.45) is 0 Å². The number of alkyl halides is 3. The van der Waals surface area contributed by atoms with Crippen molar-refractivity contribution in [3.63, 3.8) is 0 Å². The molecule has 0 saturated carbocycles. The van der Waals surface area contributed by atoms with Crippen LogP contribution in [0.4, 0.5) is 13.2 Å². The van der Waals surface area contributed by atoms with Gasteiger partial charge in [-0.15, -0.1) is 0 Å². The molecule has 0 atom stereocenters. The summed E-state index contributed by atoms with van der Waals surface area (Å²) in [4.78, 5) is -0.815. The Labute approximate surface area is 139 Å². The summed E-state index contributed by atoms with van der Waals surface area (Å²) in [5.41, 5.74) is -1.23. The van der Waals surface area contributed by atoms with Gasteiger partial charge in [-0.25, -0.2) is 16.8 Å². The summed E-state index contributed by atoms with van der Waals surface area (Å²) < 4.78 is 89.8. The molecule has 2 rings (SSSR count). The van der Waals surface area contributed by atoms with Crippen LogP contribution < -0.4 is 0 Å². The minimum atomic E-state index is -4.79. The van der Waals surface area contributed by atoms with Gasteiger partial charge in [-0.1, -0.05) is 12.1 Å². The van der Waals surface area contributed by atoms with Gasteiger partial charge < -0.3 is 0 Å². The van der Waals surface area contributed by atoms with E-state index in [2.05, 4.69) is 0 Å². The van der Waals surface area contributed by atoms with Crippen molar-refractivity contribution in [1.29, 1.82) is 0 Å². The summed E-state index contributed by atoms with van der Waals surface area (Å²) >= 11 is 0. The molecule has 1 heterocycles. The fraction of sp³-hybridized carbons (Fsp3) is 0.538. The van der Waals surface area contributed by atoms with Crippen molar-refractivity contribution >= 4 is 20.0 Å². The average molecular weight is 386 g/mol. The first-order valence-corrected chi connectivity index (χ1v) is 10.2. The van der Waals surface area contributed by atoms with Crippen molar-refractivity contribution in [1.82, 2.24) is 8.61 Å². The third-order valence-electron chi connectivity index (χ3n) is 3.77. The Balaban J connectivity index is 2.29. The fourth-order valence-corrected chi connectivity index (χ4v) is 5.15. The average Bonchev–Trinajstić information content (AvgIpc) is 2.54. The van der Waals surface area contributed by atoms with Gasteiger partial charge in [-0.3, -0.25) is 0 Å². The quantitative estimate of drug-likeness (QED) is 0.783. The first-order chi connectivity index (χ1) is 11.0. The molecular formula is C13H17F3N2O4S2. The first-order valence-electron chi connectivity index (χ1n) is 7.14. The molecule has 11 heteroatoms. The lowest BCUT2D eigenvalue weighted by Gasteiger charge is -2.33. The lowest BCUT2D eigenvalue weighted by atomic mass is 10.2. The van der Waals surface area contributed by atoms with Gasteiger partial charge in [0.2, 0.25) is 20.0 Å². The standard InChI is InChI=1S/C13H17F3N2O4S2/c1-2-23(19,20)17-7-9-18(10-8-17)24(21,22)12-6-4-3-5-11(12)13(14,15)16/h3-6H,2,7-10H2,1H3. The third kappa shape index (κ3) is 3.73. The van der Waals surface area contributed by atoms with E-state index in [4.69, 9.17) is 0 Å². The Morgan fingerprint density at radius 2 is 1.46 bits per heavy atom. The SMILES string of the molecule is CCS(=O)(=O)N1CCN(S(=O)(=O)c2ccccc2C(F)(F)F)CC1. The van der Waals surface area contributed by atoms with E-state index >= 15 is 0 Å². The third-order valence-corrected chi connectivity index (χ3v) is 7.60. The smallest absolute Gasteiger partial charge is 0.212 e. The molecule has 0 spiro atoms. The van der Waals surface area contributed by atoms with Crippen molar-refractivity contribution in [2.75, 3.05) is 31.9 Å². The van der Waals surface area contributed by atoms with Crippen LogP contribution in [0.3, 0.4) is 0 Å².